The second-order valence-electron chi connectivity index (χ2n) is 7.80. The van der Waals surface area contributed by atoms with E-state index in [1.807, 2.05) is 31.3 Å². The number of likely N-dealkylation sites (N-methyl/N-ethyl adjacent to an activating group) is 1. The lowest BCUT2D eigenvalue weighted by Crippen LogP contribution is -2.46. The van der Waals surface area contributed by atoms with Crippen LogP contribution >= 0.6 is 0 Å². The SMILES string of the molecule is CCN1CCN(c2ccc(F)cc2C(C)NCc2nc3ccccc3n2C)CC1. The molecule has 2 heterocycles. The van der Waals surface area contributed by atoms with Gasteiger partial charge in [0.15, 0.2) is 0 Å². The smallest absolute Gasteiger partial charge is 0.123 e. The van der Waals surface area contributed by atoms with E-state index in [-0.39, 0.29) is 11.9 Å². The van der Waals surface area contributed by atoms with Crippen LogP contribution in [0, 0.1) is 5.82 Å². The third-order valence-corrected chi connectivity index (χ3v) is 6.06. The normalized spacial score (nSPS) is 16.5. The predicted molar refractivity (Wildman–Crippen MR) is 117 cm³/mol. The van der Waals surface area contributed by atoms with Gasteiger partial charge in [-0.25, -0.2) is 9.37 Å². The van der Waals surface area contributed by atoms with E-state index in [1.165, 1.54) is 0 Å². The average molecular weight is 396 g/mol. The number of para-hydroxylation sites is 2. The maximum absolute atomic E-state index is 14.1. The van der Waals surface area contributed by atoms with Gasteiger partial charge in [0, 0.05) is 45.0 Å². The maximum Gasteiger partial charge on any atom is 0.123 e. The second kappa shape index (κ2) is 8.51. The van der Waals surface area contributed by atoms with Crippen molar-refractivity contribution in [2.45, 2.75) is 26.4 Å². The first kappa shape index (κ1) is 19.9. The Hall–Kier alpha value is -2.44. The number of halogens is 1. The number of aryl methyl sites for hydroxylation is 1. The van der Waals surface area contributed by atoms with Crippen molar-refractivity contribution in [3.63, 3.8) is 0 Å². The first-order valence-electron chi connectivity index (χ1n) is 10.5. The average Bonchev–Trinajstić information content (AvgIpc) is 3.08. The Bertz CT molecular complexity index is 975. The Kier molecular flexibility index (Phi) is 5.83. The van der Waals surface area contributed by atoms with Crippen LogP contribution in [0.2, 0.25) is 0 Å². The summed E-state index contributed by atoms with van der Waals surface area (Å²) in [6.07, 6.45) is 0. The van der Waals surface area contributed by atoms with E-state index in [1.54, 1.807) is 12.1 Å². The third kappa shape index (κ3) is 4.14. The highest BCUT2D eigenvalue weighted by Gasteiger charge is 2.21. The number of aromatic nitrogens is 2. The molecule has 154 valence electrons. The number of rotatable bonds is 6. The molecule has 0 spiro atoms. The molecule has 1 fully saturated rings. The minimum Gasteiger partial charge on any atom is -0.369 e. The van der Waals surface area contributed by atoms with Crippen molar-refractivity contribution in [3.8, 4) is 0 Å². The fourth-order valence-corrected chi connectivity index (χ4v) is 4.17. The van der Waals surface area contributed by atoms with Gasteiger partial charge < -0.3 is 19.7 Å². The largest absolute Gasteiger partial charge is 0.369 e. The van der Waals surface area contributed by atoms with Gasteiger partial charge in [0.1, 0.15) is 11.6 Å². The second-order valence-corrected chi connectivity index (χ2v) is 7.80. The summed E-state index contributed by atoms with van der Waals surface area (Å²) in [4.78, 5) is 9.57. The number of benzene rings is 2. The molecule has 6 heteroatoms. The lowest BCUT2D eigenvalue weighted by Gasteiger charge is -2.37. The Morgan fingerprint density at radius 3 is 2.59 bits per heavy atom. The molecule has 1 unspecified atom stereocenters. The molecular formula is C23H30FN5. The Balaban J connectivity index is 1.51. The summed E-state index contributed by atoms with van der Waals surface area (Å²) in [6, 6.07) is 13.3. The minimum atomic E-state index is -0.188. The van der Waals surface area contributed by atoms with Crippen LogP contribution in [-0.4, -0.2) is 47.2 Å². The minimum absolute atomic E-state index is 0.0183. The molecule has 2 aromatic carbocycles. The molecule has 0 radical (unpaired) electrons. The zero-order chi connectivity index (χ0) is 20.4. The van der Waals surface area contributed by atoms with Crippen LogP contribution in [0.1, 0.15) is 31.3 Å². The molecule has 0 amide bonds. The molecule has 0 bridgehead atoms. The summed E-state index contributed by atoms with van der Waals surface area (Å²) in [6.45, 7) is 10.1. The van der Waals surface area contributed by atoms with Gasteiger partial charge in [0.25, 0.3) is 0 Å². The first-order valence-corrected chi connectivity index (χ1v) is 10.5. The van der Waals surface area contributed by atoms with Crippen molar-refractivity contribution in [2.24, 2.45) is 7.05 Å². The lowest BCUT2D eigenvalue weighted by atomic mass is 10.0. The Morgan fingerprint density at radius 2 is 1.86 bits per heavy atom. The maximum atomic E-state index is 14.1. The van der Waals surface area contributed by atoms with E-state index in [4.69, 9.17) is 4.98 Å². The van der Waals surface area contributed by atoms with Gasteiger partial charge in [-0.3, -0.25) is 0 Å². The van der Waals surface area contributed by atoms with E-state index >= 15 is 0 Å². The third-order valence-electron chi connectivity index (χ3n) is 6.06. The van der Waals surface area contributed by atoms with Gasteiger partial charge in [-0.2, -0.15) is 0 Å². The van der Waals surface area contributed by atoms with Gasteiger partial charge in [-0.1, -0.05) is 19.1 Å². The zero-order valence-corrected chi connectivity index (χ0v) is 17.5. The van der Waals surface area contributed by atoms with Crippen molar-refractivity contribution in [3.05, 3.63) is 59.7 Å². The first-order chi connectivity index (χ1) is 14.1. The summed E-state index contributed by atoms with van der Waals surface area (Å²) >= 11 is 0. The van der Waals surface area contributed by atoms with Crippen LogP contribution in [0.25, 0.3) is 11.0 Å². The zero-order valence-electron chi connectivity index (χ0n) is 17.5. The van der Waals surface area contributed by atoms with E-state index in [2.05, 4.69) is 39.6 Å². The molecule has 0 saturated carbocycles. The van der Waals surface area contributed by atoms with E-state index in [0.29, 0.717) is 6.54 Å². The lowest BCUT2D eigenvalue weighted by molar-refractivity contribution is 0.271. The topological polar surface area (TPSA) is 36.3 Å². The molecule has 1 aliphatic heterocycles. The highest BCUT2D eigenvalue weighted by Crippen LogP contribution is 2.28. The van der Waals surface area contributed by atoms with Gasteiger partial charge in [-0.15, -0.1) is 0 Å². The van der Waals surface area contributed by atoms with Crippen LogP contribution in [0.15, 0.2) is 42.5 Å². The summed E-state index contributed by atoms with van der Waals surface area (Å²) in [5, 5.41) is 3.56. The molecule has 5 nitrogen and oxygen atoms in total. The highest BCUT2D eigenvalue weighted by molar-refractivity contribution is 5.75. The van der Waals surface area contributed by atoms with Crippen LogP contribution < -0.4 is 10.2 Å². The van der Waals surface area contributed by atoms with Crippen molar-refractivity contribution < 1.29 is 4.39 Å². The number of hydrogen-bond acceptors (Lipinski definition) is 4. The number of nitrogens with zero attached hydrogens (tertiary/aromatic N) is 4. The molecule has 3 aromatic rings. The van der Waals surface area contributed by atoms with E-state index in [9.17, 15) is 4.39 Å². The Labute approximate surface area is 172 Å². The number of anilines is 1. The molecule has 1 saturated heterocycles. The molecule has 29 heavy (non-hydrogen) atoms. The fraction of sp³-hybridized carbons (Fsp3) is 0.435. The van der Waals surface area contributed by atoms with E-state index < -0.39 is 0 Å². The predicted octanol–water partition coefficient (Wildman–Crippen LogP) is 3.71. The fourth-order valence-electron chi connectivity index (χ4n) is 4.17. The molecule has 1 N–H and O–H groups in total. The van der Waals surface area contributed by atoms with E-state index in [0.717, 1.165) is 60.8 Å². The number of fused-ring (bicyclic) bond motifs is 1. The quantitative estimate of drug-likeness (QED) is 0.690. The van der Waals surface area contributed by atoms with Crippen molar-refractivity contribution in [1.29, 1.82) is 0 Å². The number of nitrogens with one attached hydrogen (secondary N) is 1. The molecule has 1 atom stereocenters. The number of piperazine rings is 1. The Morgan fingerprint density at radius 1 is 1.10 bits per heavy atom. The summed E-state index contributed by atoms with van der Waals surface area (Å²) in [5.74, 6) is 0.792. The van der Waals surface area contributed by atoms with Gasteiger partial charge in [-0.05, 0) is 49.4 Å². The highest BCUT2D eigenvalue weighted by atomic mass is 19.1. The number of imidazole rings is 1. The summed E-state index contributed by atoms with van der Waals surface area (Å²) in [5.41, 5.74) is 4.26. The summed E-state index contributed by atoms with van der Waals surface area (Å²) < 4.78 is 16.2. The molecule has 0 aliphatic carbocycles. The van der Waals surface area contributed by atoms with Crippen molar-refractivity contribution in [1.82, 2.24) is 19.8 Å². The molecule has 1 aliphatic rings. The number of hydrogen-bond donors (Lipinski definition) is 1. The molecule has 1 aromatic heterocycles. The van der Waals surface area contributed by atoms with Crippen LogP contribution in [-0.2, 0) is 13.6 Å². The van der Waals surface area contributed by atoms with Gasteiger partial charge in [0.2, 0.25) is 0 Å². The van der Waals surface area contributed by atoms with Crippen LogP contribution in [0.5, 0.6) is 0 Å². The van der Waals surface area contributed by atoms with Gasteiger partial charge >= 0.3 is 0 Å². The van der Waals surface area contributed by atoms with Crippen LogP contribution in [0.3, 0.4) is 0 Å². The monoisotopic (exact) mass is 395 g/mol. The summed E-state index contributed by atoms with van der Waals surface area (Å²) in [7, 11) is 2.04. The van der Waals surface area contributed by atoms with Crippen molar-refractivity contribution in [2.75, 3.05) is 37.6 Å². The van der Waals surface area contributed by atoms with Crippen molar-refractivity contribution >= 4 is 16.7 Å². The molecule has 4 rings (SSSR count). The van der Waals surface area contributed by atoms with Crippen LogP contribution in [0.4, 0.5) is 10.1 Å². The molecular weight excluding hydrogens is 365 g/mol. The standard InChI is InChI=1S/C23H30FN5/c1-4-28-11-13-29(14-12-28)21-10-9-18(24)15-19(21)17(2)25-16-23-26-20-7-5-6-8-22(20)27(23)3/h5-10,15,17,25H,4,11-14,16H2,1-3H3. The van der Waals surface area contributed by atoms with Gasteiger partial charge in [0.05, 0.1) is 17.6 Å².